The first-order valence-corrected chi connectivity index (χ1v) is 7.65. The molecule has 0 radical (unpaired) electrons. The van der Waals surface area contributed by atoms with Crippen LogP contribution in [-0.2, 0) is 0 Å². The second-order valence-corrected chi connectivity index (χ2v) is 6.08. The number of benzene rings is 1. The van der Waals surface area contributed by atoms with Gasteiger partial charge in [-0.1, -0.05) is 6.07 Å². The minimum atomic E-state index is -0.285. The Bertz CT molecular complexity index is 825. The molecule has 2 heterocycles. The summed E-state index contributed by atoms with van der Waals surface area (Å²) in [6.45, 7) is 1.77. The van der Waals surface area contributed by atoms with Crippen LogP contribution < -0.4 is 15.8 Å². The Morgan fingerprint density at radius 2 is 2.24 bits per heavy atom. The van der Waals surface area contributed by atoms with Crippen LogP contribution in [-0.4, -0.2) is 22.4 Å². The van der Waals surface area contributed by atoms with E-state index in [2.05, 4.69) is 14.7 Å². The van der Waals surface area contributed by atoms with Crippen molar-refractivity contribution in [2.75, 3.05) is 18.2 Å². The number of fused-ring (bicyclic) bond motifs is 1. The number of carbonyl (C=O) groups is 1. The molecular weight excluding hydrogens is 308 g/mol. The molecule has 0 bridgehead atoms. The number of methoxy groups -OCH3 is 1. The summed E-state index contributed by atoms with van der Waals surface area (Å²) in [5.41, 5.74) is 6.53. The molecule has 0 fully saturated rings. The second-order valence-electron chi connectivity index (χ2n) is 4.28. The lowest BCUT2D eigenvalue weighted by Crippen LogP contribution is -2.11. The van der Waals surface area contributed by atoms with Crippen molar-refractivity contribution >= 4 is 49.7 Å². The quantitative estimate of drug-likeness (QED) is 0.774. The number of amides is 1. The summed E-state index contributed by atoms with van der Waals surface area (Å²) in [5.74, 6) is 1.00. The van der Waals surface area contributed by atoms with E-state index in [9.17, 15) is 4.79 Å². The molecule has 0 aliphatic rings. The molecule has 3 N–H and O–H groups in total. The lowest BCUT2D eigenvalue weighted by molar-refractivity contribution is 0.103. The van der Waals surface area contributed by atoms with Gasteiger partial charge in [-0.2, -0.15) is 4.37 Å². The molecule has 1 aromatic carbocycles. The summed E-state index contributed by atoms with van der Waals surface area (Å²) in [6, 6.07) is 5.60. The Kier molecular flexibility index (Phi) is 3.48. The van der Waals surface area contributed by atoms with Gasteiger partial charge in [0.2, 0.25) is 5.13 Å². The van der Waals surface area contributed by atoms with Gasteiger partial charge in [-0.15, -0.1) is 11.3 Å². The van der Waals surface area contributed by atoms with E-state index in [0.717, 1.165) is 21.6 Å². The van der Waals surface area contributed by atoms with E-state index in [1.807, 2.05) is 18.2 Å². The lowest BCUT2D eigenvalue weighted by atomic mass is 10.2. The van der Waals surface area contributed by atoms with Crippen molar-refractivity contribution in [1.82, 2.24) is 9.36 Å². The van der Waals surface area contributed by atoms with Crippen LogP contribution in [0.2, 0.25) is 0 Å². The number of thiophene rings is 1. The Hall–Kier alpha value is -2.19. The zero-order valence-corrected chi connectivity index (χ0v) is 13.0. The van der Waals surface area contributed by atoms with Gasteiger partial charge in [0.15, 0.2) is 0 Å². The molecule has 1 amide bonds. The third-order valence-corrected chi connectivity index (χ3v) is 4.78. The number of ether oxygens (including phenoxy) is 1. The highest BCUT2D eigenvalue weighted by molar-refractivity contribution is 7.21. The summed E-state index contributed by atoms with van der Waals surface area (Å²) in [4.78, 5) is 16.9. The first-order valence-electron chi connectivity index (χ1n) is 6.06. The van der Waals surface area contributed by atoms with Gasteiger partial charge in [-0.3, -0.25) is 10.1 Å². The van der Waals surface area contributed by atoms with Crippen LogP contribution in [0.5, 0.6) is 5.75 Å². The molecule has 0 saturated carbocycles. The molecule has 21 heavy (non-hydrogen) atoms. The van der Waals surface area contributed by atoms with E-state index in [0.29, 0.717) is 27.3 Å². The zero-order valence-electron chi connectivity index (χ0n) is 11.3. The fourth-order valence-electron chi connectivity index (χ4n) is 1.98. The lowest BCUT2D eigenvalue weighted by Gasteiger charge is -2.02. The van der Waals surface area contributed by atoms with Gasteiger partial charge in [0, 0.05) is 16.2 Å². The van der Waals surface area contributed by atoms with Crippen molar-refractivity contribution in [3.63, 3.8) is 0 Å². The van der Waals surface area contributed by atoms with Crippen molar-refractivity contribution in [2.45, 2.75) is 6.92 Å². The summed E-state index contributed by atoms with van der Waals surface area (Å²) < 4.78 is 10.2. The molecule has 0 saturated heterocycles. The number of aryl methyl sites for hydroxylation is 1. The number of rotatable bonds is 3. The highest BCUT2D eigenvalue weighted by Gasteiger charge is 2.19. The van der Waals surface area contributed by atoms with Crippen LogP contribution in [0.15, 0.2) is 18.2 Å². The molecule has 2 aromatic heterocycles. The standard InChI is InChI=1S/C13H12N4O2S2/c1-6-15-13(21-17-6)16-12(18)11-10(14)9-7(19-2)4-3-5-8(9)20-11/h3-5H,14H2,1-2H3,(H,15,16,17,18). The third-order valence-electron chi connectivity index (χ3n) is 2.89. The maximum atomic E-state index is 12.3. The molecule has 108 valence electrons. The van der Waals surface area contributed by atoms with Crippen LogP contribution in [0, 0.1) is 6.92 Å². The minimum Gasteiger partial charge on any atom is -0.496 e. The van der Waals surface area contributed by atoms with Gasteiger partial charge in [-0.25, -0.2) is 4.98 Å². The van der Waals surface area contributed by atoms with E-state index in [-0.39, 0.29) is 5.91 Å². The van der Waals surface area contributed by atoms with E-state index in [1.54, 1.807) is 14.0 Å². The molecule has 8 heteroatoms. The summed E-state index contributed by atoms with van der Waals surface area (Å²) in [6.07, 6.45) is 0. The van der Waals surface area contributed by atoms with Gasteiger partial charge < -0.3 is 10.5 Å². The fourth-order valence-corrected chi connectivity index (χ4v) is 3.59. The predicted octanol–water partition coefficient (Wildman–Crippen LogP) is 2.90. The number of hydrogen-bond donors (Lipinski definition) is 2. The fraction of sp³-hybridized carbons (Fsp3) is 0.154. The van der Waals surface area contributed by atoms with Crippen molar-refractivity contribution in [2.24, 2.45) is 0 Å². The molecule has 0 unspecified atom stereocenters. The number of nitrogens with two attached hydrogens (primary N) is 1. The Morgan fingerprint density at radius 1 is 1.43 bits per heavy atom. The Morgan fingerprint density at radius 3 is 2.90 bits per heavy atom. The van der Waals surface area contributed by atoms with Gasteiger partial charge in [0.25, 0.3) is 5.91 Å². The average Bonchev–Trinajstić information content (AvgIpc) is 3.03. The molecular formula is C13H12N4O2S2. The molecule has 0 aliphatic heterocycles. The third kappa shape index (κ3) is 2.43. The van der Waals surface area contributed by atoms with E-state index in [1.165, 1.54) is 11.3 Å². The molecule has 6 nitrogen and oxygen atoms in total. The smallest absolute Gasteiger partial charge is 0.269 e. The van der Waals surface area contributed by atoms with Gasteiger partial charge in [-0.05, 0) is 19.1 Å². The van der Waals surface area contributed by atoms with E-state index < -0.39 is 0 Å². The monoisotopic (exact) mass is 320 g/mol. The van der Waals surface area contributed by atoms with Crippen LogP contribution in [0.4, 0.5) is 10.8 Å². The normalized spacial score (nSPS) is 10.8. The van der Waals surface area contributed by atoms with Crippen molar-refractivity contribution < 1.29 is 9.53 Å². The first kappa shape index (κ1) is 13.8. The van der Waals surface area contributed by atoms with Gasteiger partial charge in [0.05, 0.1) is 18.2 Å². The number of anilines is 2. The highest BCUT2D eigenvalue weighted by Crippen LogP contribution is 2.39. The van der Waals surface area contributed by atoms with Crippen LogP contribution in [0.1, 0.15) is 15.5 Å². The largest absolute Gasteiger partial charge is 0.496 e. The SMILES string of the molecule is COc1cccc2sc(C(=O)Nc3nc(C)ns3)c(N)c12. The second kappa shape index (κ2) is 5.30. The van der Waals surface area contributed by atoms with Crippen molar-refractivity contribution in [3.8, 4) is 5.75 Å². The summed E-state index contributed by atoms with van der Waals surface area (Å²) >= 11 is 2.47. The van der Waals surface area contributed by atoms with Crippen molar-refractivity contribution in [3.05, 3.63) is 28.9 Å². The number of nitrogens with one attached hydrogen (secondary N) is 1. The molecule has 3 aromatic rings. The molecule has 0 spiro atoms. The average molecular weight is 320 g/mol. The number of nitrogen functional groups attached to an aromatic ring is 1. The van der Waals surface area contributed by atoms with Crippen LogP contribution >= 0.6 is 22.9 Å². The number of aromatic nitrogens is 2. The maximum absolute atomic E-state index is 12.3. The van der Waals surface area contributed by atoms with Crippen molar-refractivity contribution in [1.29, 1.82) is 0 Å². The molecule has 0 atom stereocenters. The Balaban J connectivity index is 2.00. The van der Waals surface area contributed by atoms with Gasteiger partial charge >= 0.3 is 0 Å². The highest BCUT2D eigenvalue weighted by atomic mass is 32.1. The summed E-state index contributed by atoms with van der Waals surface area (Å²) in [7, 11) is 1.58. The molecule has 3 rings (SSSR count). The first-order chi connectivity index (χ1) is 10.1. The van der Waals surface area contributed by atoms with E-state index >= 15 is 0 Å². The van der Waals surface area contributed by atoms with Gasteiger partial charge in [0.1, 0.15) is 16.5 Å². The number of nitrogens with zero attached hydrogens (tertiary/aromatic N) is 2. The Labute approximate surface area is 128 Å². The van der Waals surface area contributed by atoms with Crippen LogP contribution in [0.3, 0.4) is 0 Å². The predicted molar refractivity (Wildman–Crippen MR) is 85.4 cm³/mol. The minimum absolute atomic E-state index is 0.285. The maximum Gasteiger partial charge on any atom is 0.269 e. The number of hydrogen-bond acceptors (Lipinski definition) is 7. The topological polar surface area (TPSA) is 90.1 Å². The van der Waals surface area contributed by atoms with E-state index in [4.69, 9.17) is 10.5 Å². The summed E-state index contributed by atoms with van der Waals surface area (Å²) in [5, 5.41) is 3.94. The van der Waals surface area contributed by atoms with Crippen LogP contribution in [0.25, 0.3) is 10.1 Å². The number of carbonyl (C=O) groups excluding carboxylic acids is 1. The molecule has 0 aliphatic carbocycles. The zero-order chi connectivity index (χ0) is 15.0.